The summed E-state index contributed by atoms with van der Waals surface area (Å²) < 4.78 is 1.96. The number of nitrogens with zero attached hydrogens (tertiary/aromatic N) is 5. The van der Waals surface area contributed by atoms with Crippen LogP contribution in [-0.2, 0) is 0 Å². The van der Waals surface area contributed by atoms with Crippen molar-refractivity contribution in [3.8, 4) is 0 Å². The molecule has 4 aromatic rings. The van der Waals surface area contributed by atoms with Crippen LogP contribution in [0.1, 0.15) is 28.9 Å². The van der Waals surface area contributed by atoms with Gasteiger partial charge < -0.3 is 14.6 Å². The first kappa shape index (κ1) is 16.2. The number of amides is 1. The van der Waals surface area contributed by atoms with Gasteiger partial charge in [-0.15, -0.1) is 11.3 Å². The van der Waals surface area contributed by atoms with E-state index in [1.807, 2.05) is 46.0 Å². The van der Waals surface area contributed by atoms with Crippen LogP contribution in [0.15, 0.2) is 36.1 Å². The predicted molar refractivity (Wildman–Crippen MR) is 106 cm³/mol. The maximum Gasteiger partial charge on any atom is 0.256 e. The number of aromatic nitrogens is 4. The molecule has 1 N–H and O–H groups in total. The van der Waals surface area contributed by atoms with E-state index in [0.29, 0.717) is 11.4 Å². The Kier molecular flexibility index (Phi) is 3.78. The molecule has 1 amide bonds. The van der Waals surface area contributed by atoms with Crippen molar-refractivity contribution in [3.05, 3.63) is 47.4 Å². The van der Waals surface area contributed by atoms with Gasteiger partial charge in [0.05, 0.1) is 22.2 Å². The molecule has 0 unspecified atom stereocenters. The number of hydrogen-bond donors (Lipinski definition) is 1. The zero-order valence-corrected chi connectivity index (χ0v) is 15.7. The quantitative estimate of drug-likeness (QED) is 0.589. The third-order valence-electron chi connectivity index (χ3n) is 4.87. The number of likely N-dealkylation sites (tertiary alicyclic amines) is 1. The number of aryl methyl sites for hydroxylation is 1. The van der Waals surface area contributed by atoms with Crippen molar-refractivity contribution in [1.29, 1.82) is 0 Å². The molecule has 1 saturated heterocycles. The van der Waals surface area contributed by atoms with Crippen LogP contribution in [0.4, 0.5) is 10.9 Å². The molecule has 0 atom stereocenters. The summed E-state index contributed by atoms with van der Waals surface area (Å²) in [4.78, 5) is 28.7. The van der Waals surface area contributed by atoms with Crippen LogP contribution in [-0.4, -0.2) is 43.2 Å². The van der Waals surface area contributed by atoms with Gasteiger partial charge in [0.15, 0.2) is 10.8 Å². The van der Waals surface area contributed by atoms with Gasteiger partial charge >= 0.3 is 0 Å². The smallest absolute Gasteiger partial charge is 0.256 e. The number of hydrogen-bond acceptors (Lipinski definition) is 6. The molecule has 1 aliphatic rings. The average Bonchev–Trinajstić information content (AvgIpc) is 3.41. The zero-order valence-electron chi connectivity index (χ0n) is 14.8. The van der Waals surface area contributed by atoms with E-state index >= 15 is 0 Å². The van der Waals surface area contributed by atoms with Gasteiger partial charge in [-0.2, -0.15) is 0 Å². The van der Waals surface area contributed by atoms with Crippen LogP contribution in [0, 0.1) is 6.92 Å². The average molecular weight is 378 g/mol. The molecule has 0 radical (unpaired) electrons. The highest BCUT2D eigenvalue weighted by atomic mass is 32.1. The minimum Gasteiger partial charge on any atom is -0.339 e. The summed E-state index contributed by atoms with van der Waals surface area (Å²) in [7, 11) is 0. The van der Waals surface area contributed by atoms with Gasteiger partial charge in [-0.25, -0.2) is 15.0 Å². The molecule has 5 rings (SSSR count). The molecule has 5 heterocycles. The number of fused-ring (bicyclic) bond motifs is 3. The van der Waals surface area contributed by atoms with E-state index in [1.54, 1.807) is 0 Å². The number of carbonyl (C=O) groups is 1. The Morgan fingerprint density at radius 3 is 2.85 bits per heavy atom. The highest BCUT2D eigenvalue weighted by molar-refractivity contribution is 7.13. The van der Waals surface area contributed by atoms with Crippen molar-refractivity contribution in [1.82, 2.24) is 24.3 Å². The molecule has 136 valence electrons. The van der Waals surface area contributed by atoms with Crippen molar-refractivity contribution in [2.24, 2.45) is 0 Å². The number of carbonyl (C=O) groups excluding carboxylic acids is 1. The minimum atomic E-state index is 0.0411. The van der Waals surface area contributed by atoms with Crippen LogP contribution < -0.4 is 5.32 Å². The maximum atomic E-state index is 13.4. The maximum absolute atomic E-state index is 13.4. The molecule has 1 fully saturated rings. The third kappa shape index (κ3) is 2.64. The minimum absolute atomic E-state index is 0.0411. The van der Waals surface area contributed by atoms with Crippen LogP contribution in [0.3, 0.4) is 0 Å². The van der Waals surface area contributed by atoms with E-state index < -0.39 is 0 Å². The Morgan fingerprint density at radius 2 is 2.07 bits per heavy atom. The Labute approximate surface area is 159 Å². The van der Waals surface area contributed by atoms with E-state index in [0.717, 1.165) is 53.3 Å². The second-order valence-corrected chi connectivity index (χ2v) is 7.53. The molecule has 0 aromatic carbocycles. The van der Waals surface area contributed by atoms with Gasteiger partial charge in [0.1, 0.15) is 12.1 Å². The van der Waals surface area contributed by atoms with E-state index in [4.69, 9.17) is 0 Å². The molecule has 4 aromatic heterocycles. The number of anilines is 2. The van der Waals surface area contributed by atoms with Gasteiger partial charge in [0.2, 0.25) is 0 Å². The van der Waals surface area contributed by atoms with Crippen molar-refractivity contribution in [2.75, 3.05) is 18.4 Å². The monoisotopic (exact) mass is 378 g/mol. The molecule has 0 spiro atoms. The van der Waals surface area contributed by atoms with E-state index in [9.17, 15) is 4.79 Å². The van der Waals surface area contributed by atoms with Gasteiger partial charge in [-0.1, -0.05) is 6.07 Å². The molecule has 7 nitrogen and oxygen atoms in total. The SMILES string of the molecule is Cc1csc(Nc2ncnc3c2c(C(=O)N2CCCC2)c2ccccn23)n1. The Hall–Kier alpha value is -3.00. The Balaban J connectivity index is 1.75. The van der Waals surface area contributed by atoms with Crippen molar-refractivity contribution >= 4 is 44.7 Å². The van der Waals surface area contributed by atoms with E-state index in [1.165, 1.54) is 17.7 Å². The first-order chi connectivity index (χ1) is 13.2. The normalized spacial score (nSPS) is 14.3. The van der Waals surface area contributed by atoms with Crippen LogP contribution >= 0.6 is 11.3 Å². The molecule has 1 aliphatic heterocycles. The standard InChI is InChI=1S/C19H18N6OS/c1-12-10-27-19(22-12)23-16-15-14(18(26)24-7-4-5-8-24)13-6-2-3-9-25(13)17(15)21-11-20-16/h2-3,6,9-11H,4-5,7-8H2,1H3,(H,20,21,22,23). The van der Waals surface area contributed by atoms with Crippen LogP contribution in [0.5, 0.6) is 0 Å². The summed E-state index contributed by atoms with van der Waals surface area (Å²) in [5, 5.41) is 6.76. The zero-order chi connectivity index (χ0) is 18.4. The van der Waals surface area contributed by atoms with Crippen molar-refractivity contribution in [3.63, 3.8) is 0 Å². The second kappa shape index (κ2) is 6.31. The third-order valence-corrected chi connectivity index (χ3v) is 5.75. The number of pyridine rings is 1. The van der Waals surface area contributed by atoms with Gasteiger partial charge in [-0.05, 0) is 31.9 Å². The van der Waals surface area contributed by atoms with E-state index in [2.05, 4.69) is 20.3 Å². The molecule has 0 bridgehead atoms. The van der Waals surface area contributed by atoms with Crippen molar-refractivity contribution < 1.29 is 4.79 Å². The van der Waals surface area contributed by atoms with Gasteiger partial charge in [0.25, 0.3) is 5.91 Å². The summed E-state index contributed by atoms with van der Waals surface area (Å²) in [5.41, 5.74) is 3.18. The lowest BCUT2D eigenvalue weighted by Gasteiger charge is -2.15. The first-order valence-electron chi connectivity index (χ1n) is 8.94. The largest absolute Gasteiger partial charge is 0.339 e. The van der Waals surface area contributed by atoms with Crippen molar-refractivity contribution in [2.45, 2.75) is 19.8 Å². The predicted octanol–water partition coefficient (Wildman–Crippen LogP) is 3.63. The molecular formula is C19H18N6OS. The lowest BCUT2D eigenvalue weighted by atomic mass is 10.1. The van der Waals surface area contributed by atoms with Gasteiger partial charge in [0, 0.05) is 24.7 Å². The lowest BCUT2D eigenvalue weighted by Crippen LogP contribution is -2.27. The first-order valence-corrected chi connectivity index (χ1v) is 9.82. The topological polar surface area (TPSA) is 75.4 Å². The summed E-state index contributed by atoms with van der Waals surface area (Å²) in [6.07, 6.45) is 5.56. The fourth-order valence-corrected chi connectivity index (χ4v) is 4.34. The fraction of sp³-hybridized carbons (Fsp3) is 0.263. The molecule has 8 heteroatoms. The molecule has 27 heavy (non-hydrogen) atoms. The molecular weight excluding hydrogens is 360 g/mol. The highest BCUT2D eigenvalue weighted by Gasteiger charge is 2.27. The van der Waals surface area contributed by atoms with Crippen LogP contribution in [0.25, 0.3) is 16.6 Å². The Bertz CT molecular complexity index is 1160. The molecule has 0 saturated carbocycles. The second-order valence-electron chi connectivity index (χ2n) is 6.67. The highest BCUT2D eigenvalue weighted by Crippen LogP contribution is 2.33. The summed E-state index contributed by atoms with van der Waals surface area (Å²) >= 11 is 1.51. The van der Waals surface area contributed by atoms with Crippen LogP contribution in [0.2, 0.25) is 0 Å². The summed E-state index contributed by atoms with van der Waals surface area (Å²) in [6, 6.07) is 5.85. The number of rotatable bonds is 3. The fourth-order valence-electron chi connectivity index (χ4n) is 3.65. The van der Waals surface area contributed by atoms with E-state index in [-0.39, 0.29) is 5.91 Å². The Morgan fingerprint density at radius 1 is 1.22 bits per heavy atom. The summed E-state index contributed by atoms with van der Waals surface area (Å²) in [6.45, 7) is 3.55. The number of nitrogens with one attached hydrogen (secondary N) is 1. The lowest BCUT2D eigenvalue weighted by molar-refractivity contribution is 0.0796. The van der Waals surface area contributed by atoms with Gasteiger partial charge in [-0.3, -0.25) is 4.79 Å². The summed E-state index contributed by atoms with van der Waals surface area (Å²) in [5.74, 6) is 0.653. The number of thiazole rings is 1. The molecule has 0 aliphatic carbocycles.